The first kappa shape index (κ1) is 16.1. The fourth-order valence-electron chi connectivity index (χ4n) is 3.31. The summed E-state index contributed by atoms with van der Waals surface area (Å²) in [4.78, 5) is 25.2. The molecule has 1 atom stereocenters. The monoisotopic (exact) mass is 335 g/mol. The van der Waals surface area contributed by atoms with Crippen LogP contribution in [0.25, 0.3) is 0 Å². The van der Waals surface area contributed by atoms with E-state index < -0.39 is 0 Å². The quantitative estimate of drug-likeness (QED) is 0.891. The zero-order valence-corrected chi connectivity index (χ0v) is 14.0. The van der Waals surface area contributed by atoms with Crippen LogP contribution in [0, 0.1) is 0 Å². The molecular weight excluding hydrogens is 314 g/mol. The maximum absolute atomic E-state index is 12.1. The van der Waals surface area contributed by atoms with E-state index in [2.05, 4.69) is 16.7 Å². The average Bonchev–Trinajstić information content (AvgIpc) is 2.46. The second-order valence-electron chi connectivity index (χ2n) is 6.55. The molecule has 0 radical (unpaired) electrons. The largest absolute Gasteiger partial charge is 0.344 e. The number of carbonyl (C=O) groups excluding carboxylic acids is 2. The lowest BCUT2D eigenvalue weighted by Gasteiger charge is -2.37. The first-order valence-corrected chi connectivity index (χ1v) is 8.45. The molecule has 1 saturated carbocycles. The first-order chi connectivity index (χ1) is 11.0. The van der Waals surface area contributed by atoms with Gasteiger partial charge in [-0.25, -0.2) is 4.79 Å². The van der Waals surface area contributed by atoms with Crippen LogP contribution in [0.3, 0.4) is 0 Å². The normalized spacial score (nSPS) is 27.3. The molecule has 1 heterocycles. The summed E-state index contributed by atoms with van der Waals surface area (Å²) in [5.74, 6) is 0.615. The minimum absolute atomic E-state index is 0.0431. The molecule has 124 valence electrons. The maximum atomic E-state index is 12.1. The summed E-state index contributed by atoms with van der Waals surface area (Å²) < 4.78 is 0. The number of nitrogens with zero attached hydrogens (tertiary/aromatic N) is 1. The second kappa shape index (κ2) is 6.79. The van der Waals surface area contributed by atoms with Gasteiger partial charge in [0.15, 0.2) is 0 Å². The Morgan fingerprint density at radius 2 is 2.00 bits per heavy atom. The third-order valence-corrected chi connectivity index (χ3v) is 4.99. The van der Waals surface area contributed by atoms with Gasteiger partial charge in [-0.2, -0.15) is 0 Å². The predicted octanol–water partition coefficient (Wildman–Crippen LogP) is 2.51. The number of piperidine rings is 1. The van der Waals surface area contributed by atoms with Crippen molar-refractivity contribution in [2.24, 2.45) is 0 Å². The van der Waals surface area contributed by atoms with Gasteiger partial charge in [-0.1, -0.05) is 23.7 Å². The Hall–Kier alpha value is -1.75. The zero-order chi connectivity index (χ0) is 16.4. The highest BCUT2D eigenvalue weighted by Gasteiger charge is 2.32. The Kier molecular flexibility index (Phi) is 4.76. The van der Waals surface area contributed by atoms with E-state index in [0.717, 1.165) is 17.9 Å². The number of urea groups is 1. The number of amides is 3. The number of hydrogen-bond donors (Lipinski definition) is 2. The lowest BCUT2D eigenvalue weighted by Crippen LogP contribution is -2.54. The summed E-state index contributed by atoms with van der Waals surface area (Å²) in [7, 11) is 1.77. The van der Waals surface area contributed by atoms with Crippen LogP contribution in [0.5, 0.6) is 0 Å². The van der Waals surface area contributed by atoms with Gasteiger partial charge in [0.1, 0.15) is 0 Å². The van der Waals surface area contributed by atoms with Crippen LogP contribution in [0.1, 0.15) is 37.2 Å². The molecule has 1 saturated heterocycles. The number of likely N-dealkylation sites (tertiary alicyclic amines) is 1. The van der Waals surface area contributed by atoms with Crippen LogP contribution < -0.4 is 10.6 Å². The van der Waals surface area contributed by atoms with Crippen molar-refractivity contribution in [3.8, 4) is 0 Å². The second-order valence-corrected chi connectivity index (χ2v) is 6.98. The van der Waals surface area contributed by atoms with Crippen LogP contribution in [-0.2, 0) is 4.79 Å². The van der Waals surface area contributed by atoms with Crippen molar-refractivity contribution in [2.75, 3.05) is 13.6 Å². The molecular formula is C17H22ClN3O2. The summed E-state index contributed by atoms with van der Waals surface area (Å²) in [5, 5.41) is 6.74. The van der Waals surface area contributed by atoms with Gasteiger partial charge in [0.05, 0.1) is 0 Å². The molecule has 0 aromatic heterocycles. The topological polar surface area (TPSA) is 61.4 Å². The molecule has 3 amide bonds. The van der Waals surface area contributed by atoms with E-state index in [9.17, 15) is 9.59 Å². The minimum atomic E-state index is -0.132. The molecule has 1 aliphatic heterocycles. The summed E-state index contributed by atoms with van der Waals surface area (Å²) in [6, 6.07) is 8.04. The van der Waals surface area contributed by atoms with Crippen molar-refractivity contribution in [1.82, 2.24) is 15.5 Å². The van der Waals surface area contributed by atoms with E-state index in [0.29, 0.717) is 25.3 Å². The molecule has 3 rings (SSSR count). The third kappa shape index (κ3) is 3.96. The van der Waals surface area contributed by atoms with Gasteiger partial charge < -0.3 is 15.5 Å². The minimum Gasteiger partial charge on any atom is -0.344 e. The Morgan fingerprint density at radius 3 is 2.70 bits per heavy atom. The Labute approximate surface area is 141 Å². The number of rotatable bonds is 3. The van der Waals surface area contributed by atoms with Gasteiger partial charge >= 0.3 is 6.03 Å². The van der Waals surface area contributed by atoms with Gasteiger partial charge in [-0.05, 0) is 42.9 Å². The number of halogens is 1. The lowest BCUT2D eigenvalue weighted by atomic mass is 9.76. The lowest BCUT2D eigenvalue weighted by molar-refractivity contribution is -0.132. The average molecular weight is 336 g/mol. The molecule has 2 N–H and O–H groups in total. The number of hydrogen-bond acceptors (Lipinski definition) is 2. The molecule has 2 fully saturated rings. The Balaban J connectivity index is 1.41. The number of carbonyl (C=O) groups is 2. The van der Waals surface area contributed by atoms with Crippen molar-refractivity contribution in [3.63, 3.8) is 0 Å². The van der Waals surface area contributed by atoms with E-state index in [1.807, 2.05) is 18.2 Å². The van der Waals surface area contributed by atoms with E-state index in [-0.39, 0.29) is 24.0 Å². The number of benzene rings is 1. The molecule has 5 nitrogen and oxygen atoms in total. The van der Waals surface area contributed by atoms with Gasteiger partial charge in [0, 0.05) is 37.1 Å². The van der Waals surface area contributed by atoms with Crippen LogP contribution in [0.15, 0.2) is 24.3 Å². The van der Waals surface area contributed by atoms with E-state index >= 15 is 0 Å². The summed E-state index contributed by atoms with van der Waals surface area (Å²) in [5.41, 5.74) is 1.24. The standard InChI is InChI=1S/C17H22ClN3O2/c1-21-10-14(5-6-16(21)22)19-17(23)20-15-8-12(9-15)11-3-2-4-13(18)7-11/h2-4,7,12,14-15H,5-6,8-10H2,1H3,(H2,19,20,23). The van der Waals surface area contributed by atoms with Crippen LogP contribution >= 0.6 is 11.6 Å². The van der Waals surface area contributed by atoms with Crippen molar-refractivity contribution in [1.29, 1.82) is 0 Å². The highest BCUT2D eigenvalue weighted by Crippen LogP contribution is 2.37. The SMILES string of the molecule is CN1CC(NC(=O)NC2CC(c3cccc(Cl)c3)C2)CCC1=O. The summed E-state index contributed by atoms with van der Waals surface area (Å²) in [6.45, 7) is 0.585. The van der Waals surface area contributed by atoms with E-state index in [4.69, 9.17) is 11.6 Å². The molecule has 1 aromatic carbocycles. The highest BCUT2D eigenvalue weighted by atomic mass is 35.5. The fraction of sp³-hybridized carbons (Fsp3) is 0.529. The van der Waals surface area contributed by atoms with Crippen LogP contribution in [0.2, 0.25) is 5.02 Å². The Morgan fingerprint density at radius 1 is 1.26 bits per heavy atom. The number of likely N-dealkylation sites (N-methyl/N-ethyl adjacent to an activating group) is 1. The molecule has 0 bridgehead atoms. The van der Waals surface area contributed by atoms with Gasteiger partial charge in [-0.3, -0.25) is 4.79 Å². The predicted molar refractivity (Wildman–Crippen MR) is 89.5 cm³/mol. The maximum Gasteiger partial charge on any atom is 0.315 e. The van der Waals surface area contributed by atoms with Crippen molar-refractivity contribution in [3.05, 3.63) is 34.9 Å². The first-order valence-electron chi connectivity index (χ1n) is 8.07. The smallest absolute Gasteiger partial charge is 0.315 e. The van der Waals surface area contributed by atoms with Gasteiger partial charge in [0.25, 0.3) is 0 Å². The highest BCUT2D eigenvalue weighted by molar-refractivity contribution is 6.30. The van der Waals surface area contributed by atoms with Gasteiger partial charge in [-0.15, -0.1) is 0 Å². The van der Waals surface area contributed by atoms with Crippen LogP contribution in [0.4, 0.5) is 4.79 Å². The van der Waals surface area contributed by atoms with Crippen molar-refractivity contribution in [2.45, 2.75) is 43.7 Å². The third-order valence-electron chi connectivity index (χ3n) is 4.76. The molecule has 6 heteroatoms. The van der Waals surface area contributed by atoms with Crippen molar-refractivity contribution >= 4 is 23.5 Å². The molecule has 2 aliphatic rings. The molecule has 23 heavy (non-hydrogen) atoms. The zero-order valence-electron chi connectivity index (χ0n) is 13.2. The molecule has 1 unspecified atom stereocenters. The Bertz CT molecular complexity index is 601. The molecule has 1 aromatic rings. The molecule has 1 aliphatic carbocycles. The fourth-order valence-corrected chi connectivity index (χ4v) is 3.51. The van der Waals surface area contributed by atoms with E-state index in [1.165, 1.54) is 5.56 Å². The van der Waals surface area contributed by atoms with E-state index in [1.54, 1.807) is 11.9 Å². The number of nitrogens with one attached hydrogen (secondary N) is 2. The van der Waals surface area contributed by atoms with Crippen molar-refractivity contribution < 1.29 is 9.59 Å². The summed E-state index contributed by atoms with van der Waals surface area (Å²) >= 11 is 6.01. The molecule has 0 spiro atoms. The summed E-state index contributed by atoms with van der Waals surface area (Å²) in [6.07, 6.45) is 3.10. The van der Waals surface area contributed by atoms with Crippen LogP contribution in [-0.4, -0.2) is 42.5 Å². The van der Waals surface area contributed by atoms with Gasteiger partial charge in [0.2, 0.25) is 5.91 Å².